The standard InChI is InChI=1S/C22H22F3N5O4S/c1-12(2)34-15-7-20(30-21(8-15)35(4,32)33)29-18-9-19(28-13(3)31)27-11-16(18)17-6-5-14(10-26-17)22(23,24)25/h5-12H,1-4H3,(H2,27,28,29,30,31). The number of anilines is 3. The summed E-state index contributed by atoms with van der Waals surface area (Å²) < 4.78 is 68.8. The van der Waals surface area contributed by atoms with Crippen LogP contribution in [0.15, 0.2) is 47.8 Å². The Morgan fingerprint density at radius 1 is 1.06 bits per heavy atom. The molecular weight excluding hydrogens is 487 g/mol. The summed E-state index contributed by atoms with van der Waals surface area (Å²) in [6.45, 7) is 4.82. The summed E-state index contributed by atoms with van der Waals surface area (Å²) in [4.78, 5) is 23.6. The van der Waals surface area contributed by atoms with Gasteiger partial charge in [-0.1, -0.05) is 0 Å². The van der Waals surface area contributed by atoms with Gasteiger partial charge in [0, 0.05) is 49.3 Å². The number of halogens is 3. The molecule has 13 heteroatoms. The molecule has 35 heavy (non-hydrogen) atoms. The normalized spacial score (nSPS) is 11.9. The molecule has 0 saturated carbocycles. The number of amides is 1. The smallest absolute Gasteiger partial charge is 0.417 e. The van der Waals surface area contributed by atoms with Crippen LogP contribution in [0.3, 0.4) is 0 Å². The fourth-order valence-corrected chi connectivity index (χ4v) is 3.54. The number of alkyl halides is 3. The van der Waals surface area contributed by atoms with Crippen LogP contribution in [0.5, 0.6) is 5.75 Å². The van der Waals surface area contributed by atoms with Crippen molar-refractivity contribution in [1.29, 1.82) is 0 Å². The summed E-state index contributed by atoms with van der Waals surface area (Å²) in [5.74, 6) is 0.0715. The second-order valence-corrected chi connectivity index (χ2v) is 9.78. The quantitative estimate of drug-likeness (QED) is 0.479. The molecule has 0 aliphatic heterocycles. The fraction of sp³-hybridized carbons (Fsp3) is 0.273. The van der Waals surface area contributed by atoms with Crippen LogP contribution >= 0.6 is 0 Å². The Kier molecular flexibility index (Phi) is 7.29. The van der Waals surface area contributed by atoms with E-state index in [1.54, 1.807) is 13.8 Å². The minimum Gasteiger partial charge on any atom is -0.491 e. The van der Waals surface area contributed by atoms with Crippen molar-refractivity contribution in [2.75, 3.05) is 16.9 Å². The van der Waals surface area contributed by atoms with Crippen molar-refractivity contribution in [2.24, 2.45) is 0 Å². The Hall–Kier alpha value is -3.74. The van der Waals surface area contributed by atoms with Gasteiger partial charge in [0.2, 0.25) is 5.91 Å². The lowest BCUT2D eigenvalue weighted by Crippen LogP contribution is -2.10. The van der Waals surface area contributed by atoms with Crippen LogP contribution in [0.1, 0.15) is 26.3 Å². The summed E-state index contributed by atoms with van der Waals surface area (Å²) in [5.41, 5.74) is -0.229. The third-order valence-corrected chi connectivity index (χ3v) is 5.33. The third-order valence-electron chi connectivity index (χ3n) is 4.36. The first-order valence-electron chi connectivity index (χ1n) is 10.2. The predicted molar refractivity (Wildman–Crippen MR) is 123 cm³/mol. The van der Waals surface area contributed by atoms with E-state index in [1.807, 2.05) is 0 Å². The number of carbonyl (C=O) groups excluding carboxylic acids is 1. The van der Waals surface area contributed by atoms with Gasteiger partial charge in [-0.15, -0.1) is 0 Å². The van der Waals surface area contributed by atoms with Crippen molar-refractivity contribution in [3.05, 3.63) is 48.3 Å². The molecule has 0 aliphatic carbocycles. The number of aromatic nitrogens is 3. The maximum Gasteiger partial charge on any atom is 0.417 e. The lowest BCUT2D eigenvalue weighted by atomic mass is 10.1. The molecule has 0 radical (unpaired) electrons. The van der Waals surface area contributed by atoms with E-state index in [2.05, 4.69) is 25.6 Å². The average molecular weight is 510 g/mol. The molecule has 1 amide bonds. The number of ether oxygens (including phenoxy) is 1. The number of carbonyl (C=O) groups is 1. The van der Waals surface area contributed by atoms with Crippen LogP contribution in [0.4, 0.5) is 30.5 Å². The van der Waals surface area contributed by atoms with E-state index >= 15 is 0 Å². The summed E-state index contributed by atoms with van der Waals surface area (Å²) >= 11 is 0. The topological polar surface area (TPSA) is 123 Å². The molecular formula is C22H22F3N5O4S. The van der Waals surface area contributed by atoms with Crippen molar-refractivity contribution in [3.63, 3.8) is 0 Å². The van der Waals surface area contributed by atoms with E-state index in [9.17, 15) is 26.4 Å². The highest BCUT2D eigenvalue weighted by Crippen LogP contribution is 2.34. The van der Waals surface area contributed by atoms with Gasteiger partial charge in [0.05, 0.1) is 23.0 Å². The fourth-order valence-electron chi connectivity index (χ4n) is 2.95. The van der Waals surface area contributed by atoms with Crippen LogP contribution in [-0.2, 0) is 20.8 Å². The molecule has 0 spiro atoms. The summed E-state index contributed by atoms with van der Waals surface area (Å²) in [6, 6.07) is 6.24. The van der Waals surface area contributed by atoms with E-state index in [4.69, 9.17) is 4.74 Å². The summed E-state index contributed by atoms with van der Waals surface area (Å²) in [6.07, 6.45) is -1.80. The molecule has 0 unspecified atom stereocenters. The third kappa shape index (κ3) is 6.88. The zero-order chi connectivity index (χ0) is 26.0. The van der Waals surface area contributed by atoms with E-state index in [0.717, 1.165) is 12.3 Å². The second-order valence-electron chi connectivity index (χ2n) is 7.82. The summed E-state index contributed by atoms with van der Waals surface area (Å²) in [5, 5.41) is 5.21. The number of nitrogens with zero attached hydrogens (tertiary/aromatic N) is 3. The van der Waals surface area contributed by atoms with Gasteiger partial charge in [-0.05, 0) is 26.0 Å². The van der Waals surface area contributed by atoms with Crippen LogP contribution in [0.2, 0.25) is 0 Å². The molecule has 0 saturated heterocycles. The SMILES string of the molecule is CC(=O)Nc1cc(Nc2cc(OC(C)C)cc(S(C)(=O)=O)n2)c(-c2ccc(C(F)(F)F)cn2)cn1. The predicted octanol–water partition coefficient (Wildman–Crippen LogP) is 4.45. The van der Waals surface area contributed by atoms with Gasteiger partial charge in [-0.3, -0.25) is 9.78 Å². The zero-order valence-corrected chi connectivity index (χ0v) is 20.0. The monoisotopic (exact) mass is 509 g/mol. The number of nitrogens with one attached hydrogen (secondary N) is 2. The lowest BCUT2D eigenvalue weighted by Gasteiger charge is -2.16. The van der Waals surface area contributed by atoms with Gasteiger partial charge in [-0.25, -0.2) is 18.4 Å². The van der Waals surface area contributed by atoms with Gasteiger partial charge in [0.1, 0.15) is 17.4 Å². The Morgan fingerprint density at radius 3 is 2.31 bits per heavy atom. The van der Waals surface area contributed by atoms with Gasteiger partial charge < -0.3 is 15.4 Å². The van der Waals surface area contributed by atoms with E-state index < -0.39 is 27.5 Å². The number of sulfone groups is 1. The van der Waals surface area contributed by atoms with Crippen molar-refractivity contribution < 1.29 is 31.1 Å². The molecule has 3 aromatic rings. The first-order chi connectivity index (χ1) is 16.2. The number of hydrogen-bond acceptors (Lipinski definition) is 8. The molecule has 0 atom stereocenters. The zero-order valence-electron chi connectivity index (χ0n) is 19.1. The highest BCUT2D eigenvalue weighted by Gasteiger charge is 2.30. The molecule has 3 aromatic heterocycles. The maximum atomic E-state index is 13.0. The number of hydrogen-bond donors (Lipinski definition) is 2. The van der Waals surface area contributed by atoms with Crippen LogP contribution in [0, 0.1) is 0 Å². The summed E-state index contributed by atoms with van der Waals surface area (Å²) in [7, 11) is -3.70. The van der Waals surface area contributed by atoms with E-state index in [-0.39, 0.29) is 45.5 Å². The van der Waals surface area contributed by atoms with Crippen molar-refractivity contribution in [1.82, 2.24) is 15.0 Å². The minimum absolute atomic E-state index is 0.0803. The van der Waals surface area contributed by atoms with Crippen molar-refractivity contribution in [2.45, 2.75) is 38.1 Å². The van der Waals surface area contributed by atoms with Crippen molar-refractivity contribution >= 4 is 33.1 Å². The highest BCUT2D eigenvalue weighted by molar-refractivity contribution is 7.90. The molecule has 0 aliphatic rings. The van der Waals surface area contributed by atoms with Gasteiger partial charge >= 0.3 is 6.18 Å². The number of rotatable bonds is 7. The molecule has 9 nitrogen and oxygen atoms in total. The Labute approximate surface area is 199 Å². The first-order valence-corrected chi connectivity index (χ1v) is 12.1. The maximum absolute atomic E-state index is 13.0. The van der Waals surface area contributed by atoms with Crippen LogP contribution in [0.25, 0.3) is 11.3 Å². The van der Waals surface area contributed by atoms with Gasteiger partial charge in [0.25, 0.3) is 0 Å². The molecule has 3 heterocycles. The van der Waals surface area contributed by atoms with Crippen LogP contribution in [-0.4, -0.2) is 41.6 Å². The molecule has 0 aromatic carbocycles. The molecule has 0 bridgehead atoms. The largest absolute Gasteiger partial charge is 0.491 e. The lowest BCUT2D eigenvalue weighted by molar-refractivity contribution is -0.137. The number of pyridine rings is 3. The van der Waals surface area contributed by atoms with Gasteiger partial charge in [0.15, 0.2) is 14.9 Å². The van der Waals surface area contributed by atoms with Crippen LogP contribution < -0.4 is 15.4 Å². The van der Waals surface area contributed by atoms with E-state index in [1.165, 1.54) is 37.4 Å². The Bertz CT molecular complexity index is 1340. The molecule has 186 valence electrons. The molecule has 3 rings (SSSR count). The molecule has 2 N–H and O–H groups in total. The minimum atomic E-state index is -4.55. The van der Waals surface area contributed by atoms with Gasteiger partial charge in [-0.2, -0.15) is 13.2 Å². The Balaban J connectivity index is 2.11. The highest BCUT2D eigenvalue weighted by atomic mass is 32.2. The second kappa shape index (κ2) is 9.86. The average Bonchev–Trinajstić information content (AvgIpc) is 2.72. The first kappa shape index (κ1) is 25.9. The Morgan fingerprint density at radius 2 is 1.77 bits per heavy atom. The van der Waals surface area contributed by atoms with E-state index in [0.29, 0.717) is 6.20 Å². The molecule has 0 fully saturated rings. The van der Waals surface area contributed by atoms with Crippen molar-refractivity contribution in [3.8, 4) is 17.0 Å².